The van der Waals surface area contributed by atoms with Crippen LogP contribution in [0, 0.1) is 5.92 Å². The van der Waals surface area contributed by atoms with Crippen molar-refractivity contribution >= 4 is 17.8 Å². The predicted octanol–water partition coefficient (Wildman–Crippen LogP) is -0.206. The first kappa shape index (κ1) is 16.4. The number of aliphatic carboxylic acids is 2. The van der Waals surface area contributed by atoms with Crippen LogP contribution < -0.4 is 11.1 Å². The summed E-state index contributed by atoms with van der Waals surface area (Å²) in [5, 5.41) is 19.6. The lowest BCUT2D eigenvalue weighted by Gasteiger charge is -2.20. The van der Waals surface area contributed by atoms with E-state index in [4.69, 9.17) is 15.9 Å². The number of nitrogens with two attached hydrogens (primary N) is 1. The van der Waals surface area contributed by atoms with Crippen LogP contribution in [-0.4, -0.2) is 40.1 Å². The van der Waals surface area contributed by atoms with Gasteiger partial charge >= 0.3 is 11.9 Å². The van der Waals surface area contributed by atoms with E-state index in [9.17, 15) is 14.4 Å². The number of hydrogen-bond acceptors (Lipinski definition) is 4. The summed E-state index contributed by atoms with van der Waals surface area (Å²) in [6.07, 6.45) is 0.209. The first-order chi connectivity index (χ1) is 8.29. The van der Waals surface area contributed by atoms with E-state index in [1.54, 1.807) is 6.92 Å². The van der Waals surface area contributed by atoms with Crippen LogP contribution in [0.2, 0.25) is 0 Å². The molecule has 0 aromatic heterocycles. The van der Waals surface area contributed by atoms with Gasteiger partial charge in [-0.25, -0.2) is 4.79 Å². The smallest absolute Gasteiger partial charge is 0.326 e. The van der Waals surface area contributed by atoms with Crippen LogP contribution in [-0.2, 0) is 14.4 Å². The summed E-state index contributed by atoms with van der Waals surface area (Å²) in [7, 11) is 0. The van der Waals surface area contributed by atoms with Crippen LogP contribution >= 0.6 is 0 Å². The van der Waals surface area contributed by atoms with E-state index in [1.165, 1.54) is 0 Å². The second kappa shape index (κ2) is 7.65. The highest BCUT2D eigenvalue weighted by Crippen LogP contribution is 2.06. The van der Waals surface area contributed by atoms with Crippen molar-refractivity contribution in [2.75, 3.05) is 0 Å². The maximum atomic E-state index is 11.7. The van der Waals surface area contributed by atoms with Gasteiger partial charge in [0, 0.05) is 6.42 Å². The van der Waals surface area contributed by atoms with Crippen molar-refractivity contribution in [2.24, 2.45) is 11.7 Å². The number of rotatable bonds is 8. The van der Waals surface area contributed by atoms with Gasteiger partial charge in [0.1, 0.15) is 6.04 Å². The third kappa shape index (κ3) is 5.62. The summed E-state index contributed by atoms with van der Waals surface area (Å²) in [5.74, 6) is -3.01. The molecule has 7 heteroatoms. The van der Waals surface area contributed by atoms with Gasteiger partial charge in [-0.2, -0.15) is 0 Å². The summed E-state index contributed by atoms with van der Waals surface area (Å²) < 4.78 is 0. The van der Waals surface area contributed by atoms with Crippen LogP contribution in [0.3, 0.4) is 0 Å². The predicted molar refractivity (Wildman–Crippen MR) is 63.9 cm³/mol. The van der Waals surface area contributed by atoms with Crippen LogP contribution in [0.1, 0.15) is 33.1 Å². The topological polar surface area (TPSA) is 130 Å². The normalized spacial score (nSPS) is 15.5. The lowest BCUT2D eigenvalue weighted by molar-refractivity contribution is -0.143. The number of hydrogen-bond donors (Lipinski definition) is 4. The highest BCUT2D eigenvalue weighted by atomic mass is 16.4. The monoisotopic (exact) mass is 260 g/mol. The van der Waals surface area contributed by atoms with E-state index < -0.39 is 29.9 Å². The first-order valence-corrected chi connectivity index (χ1v) is 5.80. The lowest BCUT2D eigenvalue weighted by atomic mass is 9.99. The molecule has 0 spiro atoms. The molecule has 1 amide bonds. The van der Waals surface area contributed by atoms with Crippen molar-refractivity contribution < 1.29 is 24.6 Å². The van der Waals surface area contributed by atoms with Gasteiger partial charge in [0.15, 0.2) is 0 Å². The largest absolute Gasteiger partial charge is 0.481 e. The first-order valence-electron chi connectivity index (χ1n) is 5.80. The summed E-state index contributed by atoms with van der Waals surface area (Å²) in [6, 6.07) is -2.01. The van der Waals surface area contributed by atoms with Crippen LogP contribution in [0.15, 0.2) is 0 Å². The molecule has 0 rings (SSSR count). The SMILES string of the molecule is CC[C@H](C)[C@H](N)C(=O)N[C@@H](CCC(=O)O)C(=O)O. The fourth-order valence-electron chi connectivity index (χ4n) is 1.31. The molecule has 3 atom stereocenters. The second-order valence-corrected chi connectivity index (χ2v) is 4.24. The number of carbonyl (C=O) groups is 3. The Hall–Kier alpha value is -1.63. The molecule has 0 aliphatic heterocycles. The van der Waals surface area contributed by atoms with Gasteiger partial charge in [-0.1, -0.05) is 20.3 Å². The average Bonchev–Trinajstić information content (AvgIpc) is 2.31. The molecule has 0 bridgehead atoms. The van der Waals surface area contributed by atoms with Crippen molar-refractivity contribution in [1.29, 1.82) is 0 Å². The average molecular weight is 260 g/mol. The molecule has 0 saturated heterocycles. The number of carboxylic acid groups (broad SMARTS) is 2. The Balaban J connectivity index is 4.45. The Labute approximate surface area is 105 Å². The maximum Gasteiger partial charge on any atom is 0.326 e. The van der Waals surface area contributed by atoms with Gasteiger partial charge < -0.3 is 21.3 Å². The molecule has 0 fully saturated rings. The van der Waals surface area contributed by atoms with E-state index in [1.807, 2.05) is 6.92 Å². The minimum absolute atomic E-state index is 0.0704. The van der Waals surface area contributed by atoms with E-state index in [2.05, 4.69) is 5.32 Å². The molecular weight excluding hydrogens is 240 g/mol. The number of amides is 1. The van der Waals surface area contributed by atoms with Gasteiger partial charge in [0.2, 0.25) is 5.91 Å². The highest BCUT2D eigenvalue weighted by molar-refractivity contribution is 5.87. The zero-order chi connectivity index (χ0) is 14.3. The quantitative estimate of drug-likeness (QED) is 0.478. The molecule has 5 N–H and O–H groups in total. The van der Waals surface area contributed by atoms with Crippen LogP contribution in [0.4, 0.5) is 0 Å². The van der Waals surface area contributed by atoms with Crippen molar-refractivity contribution in [3.8, 4) is 0 Å². The molecule has 0 heterocycles. The summed E-state index contributed by atoms with van der Waals surface area (Å²) in [5.41, 5.74) is 5.65. The molecule has 18 heavy (non-hydrogen) atoms. The van der Waals surface area contributed by atoms with Gasteiger partial charge in [0.25, 0.3) is 0 Å². The van der Waals surface area contributed by atoms with E-state index in [0.29, 0.717) is 6.42 Å². The fraction of sp³-hybridized carbons (Fsp3) is 0.727. The minimum Gasteiger partial charge on any atom is -0.481 e. The Bertz CT molecular complexity index is 319. The number of carboxylic acids is 2. The van der Waals surface area contributed by atoms with Crippen molar-refractivity contribution in [3.05, 3.63) is 0 Å². The highest BCUT2D eigenvalue weighted by Gasteiger charge is 2.25. The van der Waals surface area contributed by atoms with E-state index in [-0.39, 0.29) is 18.8 Å². The lowest BCUT2D eigenvalue weighted by Crippen LogP contribution is -2.50. The number of nitrogens with one attached hydrogen (secondary N) is 1. The summed E-state index contributed by atoms with van der Waals surface area (Å²) in [6.45, 7) is 3.66. The zero-order valence-electron chi connectivity index (χ0n) is 10.5. The molecule has 0 aliphatic carbocycles. The molecule has 0 radical (unpaired) electrons. The molecule has 0 unspecified atom stereocenters. The van der Waals surface area contributed by atoms with Crippen molar-refractivity contribution in [2.45, 2.75) is 45.2 Å². The maximum absolute atomic E-state index is 11.7. The Morgan fingerprint density at radius 1 is 1.28 bits per heavy atom. The third-order valence-corrected chi connectivity index (χ3v) is 2.82. The molecule has 0 aliphatic rings. The van der Waals surface area contributed by atoms with Crippen molar-refractivity contribution in [1.82, 2.24) is 5.32 Å². The van der Waals surface area contributed by atoms with Gasteiger partial charge in [-0.3, -0.25) is 9.59 Å². The zero-order valence-corrected chi connectivity index (χ0v) is 10.5. The van der Waals surface area contributed by atoms with Crippen molar-refractivity contribution in [3.63, 3.8) is 0 Å². The van der Waals surface area contributed by atoms with Gasteiger partial charge in [-0.15, -0.1) is 0 Å². The molecule has 0 saturated carbocycles. The Morgan fingerprint density at radius 2 is 1.83 bits per heavy atom. The van der Waals surface area contributed by atoms with Crippen LogP contribution in [0.5, 0.6) is 0 Å². The summed E-state index contributed by atoms with van der Waals surface area (Å²) in [4.78, 5) is 32.9. The molecule has 104 valence electrons. The Kier molecular flexibility index (Phi) is 6.96. The second-order valence-electron chi connectivity index (χ2n) is 4.24. The number of carbonyl (C=O) groups excluding carboxylic acids is 1. The van der Waals surface area contributed by atoms with E-state index >= 15 is 0 Å². The van der Waals surface area contributed by atoms with E-state index in [0.717, 1.165) is 0 Å². The molecule has 0 aromatic carbocycles. The fourth-order valence-corrected chi connectivity index (χ4v) is 1.31. The van der Waals surface area contributed by atoms with Gasteiger partial charge in [0.05, 0.1) is 6.04 Å². The van der Waals surface area contributed by atoms with Gasteiger partial charge in [-0.05, 0) is 12.3 Å². The van der Waals surface area contributed by atoms with Crippen LogP contribution in [0.25, 0.3) is 0 Å². The summed E-state index contributed by atoms with van der Waals surface area (Å²) >= 11 is 0. The molecular formula is C11H20N2O5. The molecule has 7 nitrogen and oxygen atoms in total. The minimum atomic E-state index is -1.26. The molecule has 0 aromatic rings. The Morgan fingerprint density at radius 3 is 2.22 bits per heavy atom. The third-order valence-electron chi connectivity index (χ3n) is 2.82. The standard InChI is InChI=1S/C11H20N2O5/c1-3-6(2)9(12)10(16)13-7(11(17)18)4-5-8(14)15/h6-7,9H,3-5,12H2,1-2H3,(H,13,16)(H,14,15)(H,17,18)/t6-,7-,9-/m0/s1.